The van der Waals surface area contributed by atoms with Crippen LogP contribution in [0.25, 0.3) is 0 Å². The first-order valence-electron chi connectivity index (χ1n) is 10.2. The predicted molar refractivity (Wildman–Crippen MR) is 124 cm³/mol. The first-order valence-corrected chi connectivity index (χ1v) is 11.5. The number of hydroxylamine groups is 4. The molecule has 1 saturated heterocycles. The van der Waals surface area contributed by atoms with Crippen molar-refractivity contribution in [3.63, 3.8) is 0 Å². The van der Waals surface area contributed by atoms with E-state index in [1.807, 2.05) is 52.0 Å². The van der Waals surface area contributed by atoms with Crippen LogP contribution in [0.4, 0.5) is 0 Å². The third-order valence-corrected chi connectivity index (χ3v) is 8.97. The highest BCUT2D eigenvalue weighted by Crippen LogP contribution is 2.48. The maximum atomic E-state index is 13.0. The van der Waals surface area contributed by atoms with E-state index in [1.165, 1.54) is 15.9 Å². The highest BCUT2D eigenvalue weighted by molar-refractivity contribution is 7.79. The fraction of sp³-hybridized carbons (Fsp3) is 0.280. The van der Waals surface area contributed by atoms with Crippen molar-refractivity contribution in [3.05, 3.63) is 95.7 Å². The molecule has 4 rings (SSSR count). The Morgan fingerprint density at radius 2 is 1.13 bits per heavy atom. The maximum absolute atomic E-state index is 13.0. The number of rotatable bonds is 4. The van der Waals surface area contributed by atoms with Crippen molar-refractivity contribution in [1.29, 1.82) is 0 Å². The van der Waals surface area contributed by atoms with Crippen LogP contribution < -0.4 is 15.9 Å². The summed E-state index contributed by atoms with van der Waals surface area (Å²) in [5.74, 6) is 0. The van der Waals surface area contributed by atoms with Crippen LogP contribution in [0.15, 0.2) is 84.9 Å². The number of nitrogens with zero attached hydrogens (tertiary/aromatic N) is 2. The zero-order chi connectivity index (χ0) is 21.5. The molecule has 0 unspecified atom stereocenters. The lowest BCUT2D eigenvalue weighted by molar-refractivity contribution is -0.232. The molecule has 0 atom stereocenters. The molecular formula is C25H27N2O2P-. The monoisotopic (exact) mass is 418 g/mol. The molecule has 0 bridgehead atoms. The van der Waals surface area contributed by atoms with Gasteiger partial charge in [-0.2, -0.15) is 0 Å². The molecule has 1 aliphatic rings. The summed E-state index contributed by atoms with van der Waals surface area (Å²) in [7, 11) is -0.714. The van der Waals surface area contributed by atoms with Crippen molar-refractivity contribution < 1.29 is 5.21 Å². The van der Waals surface area contributed by atoms with Crippen molar-refractivity contribution in [3.8, 4) is 0 Å². The lowest BCUT2D eigenvalue weighted by Crippen LogP contribution is -2.51. The van der Waals surface area contributed by atoms with Gasteiger partial charge in [0.2, 0.25) is 0 Å². The maximum Gasteiger partial charge on any atom is 0.105 e. The molecule has 155 valence electrons. The molecule has 0 saturated carbocycles. The quantitative estimate of drug-likeness (QED) is 0.588. The molecule has 3 aromatic carbocycles. The minimum absolute atomic E-state index is 0.714. The van der Waals surface area contributed by atoms with Gasteiger partial charge in [-0.25, -0.2) is 0 Å². The third kappa shape index (κ3) is 3.39. The Balaban J connectivity index is 1.72. The molecule has 1 fully saturated rings. The van der Waals surface area contributed by atoms with Gasteiger partial charge in [0.1, 0.15) is 6.17 Å². The number of benzene rings is 3. The summed E-state index contributed by atoms with van der Waals surface area (Å²) in [6, 6.07) is 29.0. The summed E-state index contributed by atoms with van der Waals surface area (Å²) in [5.41, 5.74) is -0.823. The smallest absolute Gasteiger partial charge is 0.105 e. The molecule has 1 aliphatic heterocycles. The normalized spacial score (nSPS) is 21.2. The molecule has 0 aromatic heterocycles. The topological polar surface area (TPSA) is 49.4 Å². The lowest BCUT2D eigenvalue weighted by Gasteiger charge is -2.44. The third-order valence-electron chi connectivity index (χ3n) is 6.52. The molecule has 1 heterocycles. The SMILES string of the molecule is CC1(C)N([O])C(c2ccc(P(c3ccccc3)c3ccccc3)cc2)N([O-])C1(C)C. The van der Waals surface area contributed by atoms with E-state index < -0.39 is 25.2 Å². The molecule has 0 amide bonds. The molecule has 4 nitrogen and oxygen atoms in total. The lowest BCUT2D eigenvalue weighted by atomic mass is 9.84. The summed E-state index contributed by atoms with van der Waals surface area (Å²) in [5, 5.41) is 31.6. The van der Waals surface area contributed by atoms with Crippen LogP contribution in [0, 0.1) is 5.21 Å². The first kappa shape index (κ1) is 21.2. The van der Waals surface area contributed by atoms with Crippen molar-refractivity contribution in [1.82, 2.24) is 10.1 Å². The Morgan fingerprint density at radius 3 is 1.53 bits per heavy atom. The van der Waals surface area contributed by atoms with Crippen molar-refractivity contribution in [2.75, 3.05) is 0 Å². The summed E-state index contributed by atoms with van der Waals surface area (Å²) in [6.07, 6.45) is -0.830. The van der Waals surface area contributed by atoms with Crippen LogP contribution in [-0.4, -0.2) is 21.2 Å². The van der Waals surface area contributed by atoms with E-state index in [-0.39, 0.29) is 0 Å². The number of hydrogen-bond acceptors (Lipinski definition) is 3. The van der Waals surface area contributed by atoms with Crippen LogP contribution in [0.1, 0.15) is 39.4 Å². The minimum Gasteiger partial charge on any atom is -0.783 e. The van der Waals surface area contributed by atoms with E-state index in [0.717, 1.165) is 15.7 Å². The molecule has 5 heteroatoms. The van der Waals surface area contributed by atoms with Gasteiger partial charge in [-0.1, -0.05) is 84.9 Å². The summed E-state index contributed by atoms with van der Waals surface area (Å²) >= 11 is 0. The van der Waals surface area contributed by atoms with Gasteiger partial charge in [0.25, 0.3) is 0 Å². The Morgan fingerprint density at radius 1 is 0.700 bits per heavy atom. The predicted octanol–water partition coefficient (Wildman–Crippen LogP) is 4.46. The summed E-state index contributed by atoms with van der Waals surface area (Å²) in [4.78, 5) is 0. The van der Waals surface area contributed by atoms with Gasteiger partial charge >= 0.3 is 0 Å². The van der Waals surface area contributed by atoms with Crippen molar-refractivity contribution >= 4 is 23.8 Å². The standard InChI is InChI=1S/C25H27N2O2P/c1-24(2)25(3,4)27(29)23(26(24)28)19-15-17-22(18-16-19)30(20-11-7-5-8-12-20)21-13-9-6-10-14-21/h5-18,23H,1-4H3/q-1. The second-order valence-corrected chi connectivity index (χ2v) is 11.0. The Hall–Kier alpha value is -2.07. The largest absolute Gasteiger partial charge is 0.783 e. The van der Waals surface area contributed by atoms with Gasteiger partial charge in [0.15, 0.2) is 0 Å². The van der Waals surface area contributed by atoms with Gasteiger partial charge < -0.3 is 10.3 Å². The van der Waals surface area contributed by atoms with E-state index in [1.54, 1.807) is 0 Å². The van der Waals surface area contributed by atoms with Crippen LogP contribution >= 0.6 is 7.92 Å². The van der Waals surface area contributed by atoms with Gasteiger partial charge in [0.05, 0.1) is 5.54 Å². The van der Waals surface area contributed by atoms with Gasteiger partial charge in [0, 0.05) is 5.54 Å². The van der Waals surface area contributed by atoms with Gasteiger partial charge in [-0.3, -0.25) is 0 Å². The second-order valence-electron chi connectivity index (χ2n) is 8.74. The highest BCUT2D eigenvalue weighted by Gasteiger charge is 2.55. The van der Waals surface area contributed by atoms with Crippen molar-refractivity contribution in [2.45, 2.75) is 44.9 Å². The fourth-order valence-corrected chi connectivity index (χ4v) is 6.20. The fourth-order valence-electron chi connectivity index (χ4n) is 3.91. The molecule has 0 N–H and O–H groups in total. The van der Waals surface area contributed by atoms with Crippen LogP contribution in [0.2, 0.25) is 0 Å². The molecular weight excluding hydrogens is 391 g/mol. The van der Waals surface area contributed by atoms with Crippen LogP contribution in [0.3, 0.4) is 0 Å². The molecule has 1 radical (unpaired) electrons. The molecule has 0 aliphatic carbocycles. The minimum atomic E-state index is -0.830. The first-order chi connectivity index (χ1) is 14.2. The van der Waals surface area contributed by atoms with E-state index in [2.05, 4.69) is 60.7 Å². The van der Waals surface area contributed by atoms with Crippen LogP contribution in [0.5, 0.6) is 0 Å². The van der Waals surface area contributed by atoms with Gasteiger partial charge in [-0.05, 0) is 57.1 Å². The van der Waals surface area contributed by atoms with Gasteiger partial charge in [-0.15, -0.1) is 10.3 Å². The Labute approximate surface area is 180 Å². The zero-order valence-corrected chi connectivity index (χ0v) is 18.7. The van der Waals surface area contributed by atoms with E-state index in [9.17, 15) is 10.4 Å². The zero-order valence-electron chi connectivity index (χ0n) is 17.8. The molecule has 0 spiro atoms. The van der Waals surface area contributed by atoms with Crippen molar-refractivity contribution in [2.24, 2.45) is 0 Å². The summed E-state index contributed by atoms with van der Waals surface area (Å²) in [6.45, 7) is 7.35. The Kier molecular flexibility index (Phi) is 5.56. The second kappa shape index (κ2) is 7.88. The van der Waals surface area contributed by atoms with E-state index in [0.29, 0.717) is 0 Å². The average molecular weight is 418 g/mol. The molecule has 30 heavy (non-hydrogen) atoms. The number of hydrogen-bond donors (Lipinski definition) is 0. The van der Waals surface area contributed by atoms with E-state index >= 15 is 0 Å². The summed E-state index contributed by atoms with van der Waals surface area (Å²) < 4.78 is 0. The van der Waals surface area contributed by atoms with Crippen LogP contribution in [-0.2, 0) is 5.21 Å². The van der Waals surface area contributed by atoms with E-state index in [4.69, 9.17) is 0 Å². The highest BCUT2D eigenvalue weighted by atomic mass is 31.1. The Bertz CT molecular complexity index is 931. The molecule has 3 aromatic rings. The average Bonchev–Trinajstić information content (AvgIpc) is 2.87.